The number of nitrogens with zero attached hydrogens (tertiary/aromatic N) is 1. The first-order valence-electron chi connectivity index (χ1n) is 11.4. The van der Waals surface area contributed by atoms with Crippen molar-refractivity contribution in [2.24, 2.45) is 0 Å². The number of nitrogens with one attached hydrogen (secondary N) is 1. The summed E-state index contributed by atoms with van der Waals surface area (Å²) in [5.41, 5.74) is 7.05. The fourth-order valence-corrected chi connectivity index (χ4v) is 4.39. The zero-order valence-corrected chi connectivity index (χ0v) is 20.6. The molecule has 6 heteroatoms. The Bertz CT molecular complexity index is 1370. The first kappa shape index (κ1) is 24.0. The highest BCUT2D eigenvalue weighted by molar-refractivity contribution is 6.39. The number of carbonyl (C=O) groups excluding carboxylic acids is 3. The molecule has 4 rings (SSSR count). The minimum absolute atomic E-state index is 0.0997. The fraction of sp³-hybridized carbons (Fsp3) is 0.207. The molecule has 0 aromatic heterocycles. The first-order valence-corrected chi connectivity index (χ1v) is 11.4. The SMILES string of the molecule is COc1ccc(/C=C2\C(=O)NC(=O)N(c3cc(C)ccc3C)C2=O)c(Cc2cc(C)cc(C)c2)c1. The van der Waals surface area contributed by atoms with E-state index < -0.39 is 17.8 Å². The molecule has 35 heavy (non-hydrogen) atoms. The normalized spacial score (nSPS) is 14.9. The van der Waals surface area contributed by atoms with Crippen molar-refractivity contribution in [3.05, 3.63) is 99.1 Å². The molecule has 0 bridgehead atoms. The van der Waals surface area contributed by atoms with Crippen molar-refractivity contribution < 1.29 is 19.1 Å². The van der Waals surface area contributed by atoms with Crippen LogP contribution < -0.4 is 15.0 Å². The molecule has 0 unspecified atom stereocenters. The quantitative estimate of drug-likeness (QED) is 0.413. The summed E-state index contributed by atoms with van der Waals surface area (Å²) in [6.45, 7) is 7.80. The van der Waals surface area contributed by atoms with E-state index in [2.05, 4.69) is 37.4 Å². The minimum atomic E-state index is -0.754. The number of barbiturate groups is 1. The molecule has 1 aliphatic rings. The van der Waals surface area contributed by atoms with E-state index in [0.29, 0.717) is 23.4 Å². The minimum Gasteiger partial charge on any atom is -0.497 e. The van der Waals surface area contributed by atoms with Gasteiger partial charge in [-0.25, -0.2) is 9.69 Å². The first-order chi connectivity index (χ1) is 16.7. The second-order valence-corrected chi connectivity index (χ2v) is 8.99. The number of benzene rings is 3. The third-order valence-electron chi connectivity index (χ3n) is 6.03. The number of hydrogen-bond acceptors (Lipinski definition) is 4. The molecule has 0 spiro atoms. The van der Waals surface area contributed by atoms with Crippen molar-refractivity contribution in [2.75, 3.05) is 12.0 Å². The summed E-state index contributed by atoms with van der Waals surface area (Å²) in [5, 5.41) is 2.32. The van der Waals surface area contributed by atoms with E-state index in [9.17, 15) is 14.4 Å². The largest absolute Gasteiger partial charge is 0.497 e. The Balaban J connectivity index is 1.78. The standard InChI is InChI=1S/C29H28N2O4/c1-17-6-7-20(4)26(13-17)31-28(33)25(27(32)30-29(31)34)16-22-8-9-24(35-5)15-23(22)14-21-11-18(2)10-19(3)12-21/h6-13,15-16H,14H2,1-5H3,(H,30,32,34)/b25-16+. The molecule has 0 radical (unpaired) electrons. The zero-order valence-electron chi connectivity index (χ0n) is 20.6. The van der Waals surface area contributed by atoms with Crippen molar-refractivity contribution in [2.45, 2.75) is 34.1 Å². The third-order valence-corrected chi connectivity index (χ3v) is 6.03. The summed E-state index contributed by atoms with van der Waals surface area (Å²) < 4.78 is 5.42. The molecule has 1 N–H and O–H groups in total. The summed E-state index contributed by atoms with van der Waals surface area (Å²) in [5.74, 6) is -0.687. The average molecular weight is 469 g/mol. The number of anilines is 1. The maximum Gasteiger partial charge on any atom is 0.335 e. The van der Waals surface area contributed by atoms with Crippen LogP contribution in [0.25, 0.3) is 6.08 Å². The van der Waals surface area contributed by atoms with Crippen LogP contribution in [0, 0.1) is 27.7 Å². The molecule has 178 valence electrons. The van der Waals surface area contributed by atoms with Crippen molar-refractivity contribution in [1.82, 2.24) is 5.32 Å². The van der Waals surface area contributed by atoms with Gasteiger partial charge >= 0.3 is 6.03 Å². The number of ether oxygens (including phenoxy) is 1. The van der Waals surface area contributed by atoms with Crippen molar-refractivity contribution >= 4 is 29.6 Å². The van der Waals surface area contributed by atoms with E-state index in [0.717, 1.165) is 38.3 Å². The number of aryl methyl sites for hydroxylation is 4. The molecule has 3 aromatic carbocycles. The summed E-state index contributed by atoms with van der Waals surface area (Å²) in [6, 6.07) is 16.6. The van der Waals surface area contributed by atoms with Crippen LogP contribution in [0.1, 0.15) is 38.9 Å². The Morgan fingerprint density at radius 1 is 0.857 bits per heavy atom. The van der Waals surface area contributed by atoms with Crippen LogP contribution in [0.15, 0.2) is 60.2 Å². The van der Waals surface area contributed by atoms with E-state index in [1.54, 1.807) is 25.3 Å². The van der Waals surface area contributed by atoms with Crippen LogP contribution >= 0.6 is 0 Å². The predicted molar refractivity (Wildman–Crippen MR) is 137 cm³/mol. The summed E-state index contributed by atoms with van der Waals surface area (Å²) >= 11 is 0. The monoisotopic (exact) mass is 468 g/mol. The summed E-state index contributed by atoms with van der Waals surface area (Å²) in [6.07, 6.45) is 2.15. The lowest BCUT2D eigenvalue weighted by atomic mass is 9.95. The van der Waals surface area contributed by atoms with Crippen LogP contribution in [-0.2, 0) is 16.0 Å². The second-order valence-electron chi connectivity index (χ2n) is 8.99. The Hall–Kier alpha value is -4.19. The molecule has 1 saturated heterocycles. The van der Waals surface area contributed by atoms with E-state index in [4.69, 9.17) is 4.74 Å². The van der Waals surface area contributed by atoms with Crippen molar-refractivity contribution in [1.29, 1.82) is 0 Å². The second kappa shape index (κ2) is 9.58. The number of amides is 4. The molecule has 0 saturated carbocycles. The van der Waals surface area contributed by atoms with Gasteiger partial charge in [0.25, 0.3) is 11.8 Å². The number of methoxy groups -OCH3 is 1. The zero-order chi connectivity index (χ0) is 25.3. The van der Waals surface area contributed by atoms with Gasteiger partial charge in [0.15, 0.2) is 0 Å². The van der Waals surface area contributed by atoms with Crippen LogP contribution in [0.3, 0.4) is 0 Å². The Morgan fingerprint density at radius 2 is 1.57 bits per heavy atom. The van der Waals surface area contributed by atoms with Gasteiger partial charge in [-0.2, -0.15) is 0 Å². The van der Waals surface area contributed by atoms with Crippen LogP contribution in [0.5, 0.6) is 5.75 Å². The topological polar surface area (TPSA) is 75.7 Å². The molecule has 3 aromatic rings. The number of hydrogen-bond donors (Lipinski definition) is 1. The highest BCUT2D eigenvalue weighted by Gasteiger charge is 2.37. The summed E-state index contributed by atoms with van der Waals surface area (Å²) in [7, 11) is 1.60. The molecule has 1 heterocycles. The van der Waals surface area contributed by atoms with Gasteiger partial charge in [-0.3, -0.25) is 14.9 Å². The maximum atomic E-state index is 13.4. The lowest BCUT2D eigenvalue weighted by Gasteiger charge is -2.28. The number of imide groups is 2. The molecule has 6 nitrogen and oxygen atoms in total. The Kier molecular flexibility index (Phi) is 6.56. The highest BCUT2D eigenvalue weighted by Crippen LogP contribution is 2.28. The highest BCUT2D eigenvalue weighted by atomic mass is 16.5. The third kappa shape index (κ3) is 5.01. The number of urea groups is 1. The molecule has 0 atom stereocenters. The van der Waals surface area contributed by atoms with E-state index in [1.807, 2.05) is 38.1 Å². The lowest BCUT2D eigenvalue weighted by Crippen LogP contribution is -2.54. The van der Waals surface area contributed by atoms with Gasteiger partial charge in [0.2, 0.25) is 0 Å². The number of rotatable bonds is 5. The van der Waals surface area contributed by atoms with Gasteiger partial charge in [0, 0.05) is 0 Å². The summed E-state index contributed by atoms with van der Waals surface area (Å²) in [4.78, 5) is 39.9. The smallest absolute Gasteiger partial charge is 0.335 e. The van der Waals surface area contributed by atoms with Gasteiger partial charge in [0.05, 0.1) is 12.8 Å². The van der Waals surface area contributed by atoms with Crippen LogP contribution in [0.2, 0.25) is 0 Å². The van der Waals surface area contributed by atoms with Crippen LogP contribution in [0.4, 0.5) is 10.5 Å². The van der Waals surface area contributed by atoms with Gasteiger partial charge in [-0.05, 0) is 86.2 Å². The fourth-order valence-electron chi connectivity index (χ4n) is 4.39. The van der Waals surface area contributed by atoms with Crippen molar-refractivity contribution in [3.63, 3.8) is 0 Å². The predicted octanol–water partition coefficient (Wildman–Crippen LogP) is 5.19. The van der Waals surface area contributed by atoms with E-state index >= 15 is 0 Å². The molecular formula is C29H28N2O4. The number of carbonyl (C=O) groups is 3. The van der Waals surface area contributed by atoms with Gasteiger partial charge in [0.1, 0.15) is 11.3 Å². The van der Waals surface area contributed by atoms with Gasteiger partial charge in [-0.15, -0.1) is 0 Å². The van der Waals surface area contributed by atoms with Crippen LogP contribution in [-0.4, -0.2) is 25.0 Å². The molecule has 4 amide bonds. The van der Waals surface area contributed by atoms with Crippen molar-refractivity contribution in [3.8, 4) is 5.75 Å². The molecule has 1 fully saturated rings. The molecule has 0 aliphatic carbocycles. The lowest BCUT2D eigenvalue weighted by molar-refractivity contribution is -0.122. The molecule has 1 aliphatic heterocycles. The average Bonchev–Trinajstić information content (AvgIpc) is 2.79. The van der Waals surface area contributed by atoms with Gasteiger partial charge < -0.3 is 4.74 Å². The van der Waals surface area contributed by atoms with E-state index in [1.165, 1.54) is 0 Å². The maximum absolute atomic E-state index is 13.4. The van der Waals surface area contributed by atoms with E-state index in [-0.39, 0.29) is 5.57 Å². The molecular weight excluding hydrogens is 440 g/mol. The Morgan fingerprint density at radius 3 is 2.26 bits per heavy atom. The van der Waals surface area contributed by atoms with Gasteiger partial charge in [-0.1, -0.05) is 47.5 Å². The Labute approximate surface area is 205 Å².